The third-order valence-electron chi connectivity index (χ3n) is 3.87. The second-order valence-corrected chi connectivity index (χ2v) is 5.50. The Bertz CT molecular complexity index is 463. The van der Waals surface area contributed by atoms with Crippen LogP contribution in [0.3, 0.4) is 0 Å². The van der Waals surface area contributed by atoms with Gasteiger partial charge in [0.2, 0.25) is 0 Å². The molecule has 1 unspecified atom stereocenters. The smallest absolute Gasteiger partial charge is 0.272 e. The van der Waals surface area contributed by atoms with Crippen molar-refractivity contribution in [2.45, 2.75) is 45.1 Å². The number of hydrogen-bond donors (Lipinski definition) is 2. The Labute approximate surface area is 126 Å². The van der Waals surface area contributed by atoms with E-state index >= 15 is 0 Å². The van der Waals surface area contributed by atoms with Crippen LogP contribution in [0.4, 0.5) is 5.82 Å². The van der Waals surface area contributed by atoms with Crippen molar-refractivity contribution in [2.75, 3.05) is 25.0 Å². The van der Waals surface area contributed by atoms with E-state index < -0.39 is 0 Å². The van der Waals surface area contributed by atoms with E-state index in [2.05, 4.69) is 17.2 Å². The van der Waals surface area contributed by atoms with Gasteiger partial charge in [0, 0.05) is 25.7 Å². The van der Waals surface area contributed by atoms with E-state index in [-0.39, 0.29) is 18.6 Å². The van der Waals surface area contributed by atoms with Gasteiger partial charge in [-0.3, -0.25) is 4.79 Å². The van der Waals surface area contributed by atoms with Gasteiger partial charge in [-0.25, -0.2) is 4.98 Å². The summed E-state index contributed by atoms with van der Waals surface area (Å²) in [5, 5.41) is 12.4. The van der Waals surface area contributed by atoms with Gasteiger partial charge in [-0.05, 0) is 44.2 Å². The molecule has 2 N–H and O–H groups in total. The molecule has 5 nitrogen and oxygen atoms in total. The minimum atomic E-state index is -0.0201. The van der Waals surface area contributed by atoms with Crippen molar-refractivity contribution < 1.29 is 9.90 Å². The normalized spacial score (nSPS) is 18.6. The predicted octanol–water partition coefficient (Wildman–Crippen LogP) is 2.28. The molecule has 1 aromatic rings. The van der Waals surface area contributed by atoms with Crippen molar-refractivity contribution in [3.63, 3.8) is 0 Å². The average Bonchev–Trinajstić information content (AvgIpc) is 2.53. The van der Waals surface area contributed by atoms with Crippen LogP contribution in [0.15, 0.2) is 18.2 Å². The van der Waals surface area contributed by atoms with Crippen LogP contribution in [-0.2, 0) is 0 Å². The van der Waals surface area contributed by atoms with E-state index in [0.29, 0.717) is 12.1 Å². The summed E-state index contributed by atoms with van der Waals surface area (Å²) in [7, 11) is 0. The lowest BCUT2D eigenvalue weighted by molar-refractivity contribution is 0.0569. The van der Waals surface area contributed by atoms with Gasteiger partial charge in [-0.15, -0.1) is 0 Å². The zero-order valence-electron chi connectivity index (χ0n) is 12.7. The number of pyridine rings is 1. The van der Waals surface area contributed by atoms with E-state index in [1.54, 1.807) is 6.07 Å². The number of carbonyl (C=O) groups excluding carboxylic acids is 1. The molecule has 2 rings (SSSR count). The fraction of sp³-hybridized carbons (Fsp3) is 0.625. The molecule has 116 valence electrons. The number of anilines is 1. The number of nitrogens with zero attached hydrogens (tertiary/aromatic N) is 2. The highest BCUT2D eigenvalue weighted by atomic mass is 16.3. The van der Waals surface area contributed by atoms with Crippen LogP contribution >= 0.6 is 0 Å². The van der Waals surface area contributed by atoms with E-state index in [9.17, 15) is 4.79 Å². The fourth-order valence-electron chi connectivity index (χ4n) is 2.77. The molecule has 1 aromatic heterocycles. The van der Waals surface area contributed by atoms with E-state index in [1.165, 1.54) is 0 Å². The zero-order valence-corrected chi connectivity index (χ0v) is 12.7. The molecule has 1 saturated heterocycles. The van der Waals surface area contributed by atoms with Crippen LogP contribution in [0, 0.1) is 0 Å². The van der Waals surface area contributed by atoms with Crippen LogP contribution in [0.25, 0.3) is 0 Å². The van der Waals surface area contributed by atoms with Gasteiger partial charge in [0.05, 0.1) is 0 Å². The first-order chi connectivity index (χ1) is 10.3. The van der Waals surface area contributed by atoms with Crippen LogP contribution in [0.1, 0.15) is 49.5 Å². The topological polar surface area (TPSA) is 65.5 Å². The summed E-state index contributed by atoms with van der Waals surface area (Å²) in [5.74, 6) is 0.728. The van der Waals surface area contributed by atoms with Gasteiger partial charge in [-0.2, -0.15) is 0 Å². The van der Waals surface area contributed by atoms with Crippen molar-refractivity contribution in [3.05, 3.63) is 23.9 Å². The SMILES string of the molecule is CCCNc1cccc(C(=O)N2CCCCC2CCO)n1. The molecule has 1 fully saturated rings. The van der Waals surface area contributed by atoms with Crippen molar-refractivity contribution >= 4 is 11.7 Å². The molecular formula is C16H25N3O2. The largest absolute Gasteiger partial charge is 0.396 e. The fourth-order valence-corrected chi connectivity index (χ4v) is 2.77. The highest BCUT2D eigenvalue weighted by Gasteiger charge is 2.27. The van der Waals surface area contributed by atoms with Gasteiger partial charge in [0.1, 0.15) is 11.5 Å². The number of piperidine rings is 1. The Kier molecular flexibility index (Phi) is 5.99. The quantitative estimate of drug-likeness (QED) is 0.844. The van der Waals surface area contributed by atoms with Crippen LogP contribution in [0.2, 0.25) is 0 Å². The summed E-state index contributed by atoms with van der Waals surface area (Å²) in [4.78, 5) is 19.0. The molecule has 0 bridgehead atoms. The number of aliphatic hydroxyl groups is 1. The molecule has 0 radical (unpaired) electrons. The molecule has 0 saturated carbocycles. The van der Waals surface area contributed by atoms with Crippen LogP contribution in [0.5, 0.6) is 0 Å². The lowest BCUT2D eigenvalue weighted by atomic mass is 9.99. The highest BCUT2D eigenvalue weighted by molar-refractivity contribution is 5.93. The number of nitrogens with one attached hydrogen (secondary N) is 1. The minimum absolute atomic E-state index is 0.0201. The molecule has 21 heavy (non-hydrogen) atoms. The maximum Gasteiger partial charge on any atom is 0.272 e. The highest BCUT2D eigenvalue weighted by Crippen LogP contribution is 2.21. The summed E-state index contributed by atoms with van der Waals surface area (Å²) in [6.45, 7) is 3.83. The van der Waals surface area contributed by atoms with E-state index in [0.717, 1.165) is 44.6 Å². The lowest BCUT2D eigenvalue weighted by Crippen LogP contribution is -2.44. The number of aliphatic hydroxyl groups excluding tert-OH is 1. The number of carbonyl (C=O) groups is 1. The molecule has 2 heterocycles. The molecule has 1 aliphatic heterocycles. The maximum absolute atomic E-state index is 12.7. The molecule has 0 aromatic carbocycles. The van der Waals surface area contributed by atoms with Crippen molar-refractivity contribution in [3.8, 4) is 0 Å². The second-order valence-electron chi connectivity index (χ2n) is 5.50. The standard InChI is InChI=1S/C16H25N3O2/c1-2-10-17-15-8-5-7-14(18-15)16(21)19-11-4-3-6-13(19)9-12-20/h5,7-8,13,20H,2-4,6,9-12H2,1H3,(H,17,18). The third kappa shape index (κ3) is 4.17. The van der Waals surface area contributed by atoms with Gasteiger partial charge in [0.25, 0.3) is 5.91 Å². The number of aromatic nitrogens is 1. The van der Waals surface area contributed by atoms with Gasteiger partial charge >= 0.3 is 0 Å². The Morgan fingerprint density at radius 1 is 1.48 bits per heavy atom. The number of rotatable bonds is 6. The summed E-state index contributed by atoms with van der Waals surface area (Å²) < 4.78 is 0. The Morgan fingerprint density at radius 3 is 3.10 bits per heavy atom. The monoisotopic (exact) mass is 291 g/mol. The van der Waals surface area contributed by atoms with Crippen molar-refractivity contribution in [2.24, 2.45) is 0 Å². The minimum Gasteiger partial charge on any atom is -0.396 e. The average molecular weight is 291 g/mol. The Balaban J connectivity index is 2.10. The summed E-state index contributed by atoms with van der Waals surface area (Å²) in [5.41, 5.74) is 0.487. The van der Waals surface area contributed by atoms with E-state index in [1.807, 2.05) is 17.0 Å². The molecule has 0 aliphatic carbocycles. The lowest BCUT2D eigenvalue weighted by Gasteiger charge is -2.35. The molecule has 1 aliphatic rings. The number of likely N-dealkylation sites (tertiary alicyclic amines) is 1. The van der Waals surface area contributed by atoms with Gasteiger partial charge in [-0.1, -0.05) is 13.0 Å². The molecular weight excluding hydrogens is 266 g/mol. The molecule has 1 amide bonds. The summed E-state index contributed by atoms with van der Waals surface area (Å²) in [6.07, 6.45) is 4.80. The first-order valence-electron chi connectivity index (χ1n) is 7.89. The summed E-state index contributed by atoms with van der Waals surface area (Å²) >= 11 is 0. The van der Waals surface area contributed by atoms with Crippen molar-refractivity contribution in [1.29, 1.82) is 0 Å². The Hall–Kier alpha value is -1.62. The van der Waals surface area contributed by atoms with Gasteiger partial charge < -0.3 is 15.3 Å². The van der Waals surface area contributed by atoms with Crippen LogP contribution < -0.4 is 5.32 Å². The maximum atomic E-state index is 12.7. The first-order valence-corrected chi connectivity index (χ1v) is 7.89. The van der Waals surface area contributed by atoms with Gasteiger partial charge in [0.15, 0.2) is 0 Å². The Morgan fingerprint density at radius 2 is 2.33 bits per heavy atom. The molecule has 5 heteroatoms. The third-order valence-corrected chi connectivity index (χ3v) is 3.87. The number of hydrogen-bond acceptors (Lipinski definition) is 4. The summed E-state index contributed by atoms with van der Waals surface area (Å²) in [6, 6.07) is 5.66. The molecule has 0 spiro atoms. The van der Waals surface area contributed by atoms with E-state index in [4.69, 9.17) is 5.11 Å². The molecule has 1 atom stereocenters. The van der Waals surface area contributed by atoms with Crippen LogP contribution in [-0.4, -0.2) is 46.6 Å². The van der Waals surface area contributed by atoms with Crippen molar-refractivity contribution in [1.82, 2.24) is 9.88 Å². The predicted molar refractivity (Wildman–Crippen MR) is 83.4 cm³/mol. The first kappa shape index (κ1) is 15.8. The number of amides is 1. The zero-order chi connectivity index (χ0) is 15.1. The second kappa shape index (κ2) is 7.98.